The van der Waals surface area contributed by atoms with E-state index in [2.05, 4.69) is 20.6 Å². The summed E-state index contributed by atoms with van der Waals surface area (Å²) in [7, 11) is 0. The number of carbonyl (C=O) groups is 2. The molecule has 0 spiro atoms. The molecule has 1 aromatic heterocycles. The maximum absolute atomic E-state index is 13.5. The van der Waals surface area contributed by atoms with Crippen LogP contribution in [0.25, 0.3) is 17.2 Å². The molecule has 1 saturated heterocycles. The third-order valence-electron chi connectivity index (χ3n) is 7.03. The monoisotopic (exact) mass is 552 g/mol. The molecule has 0 unspecified atom stereocenters. The molecule has 2 heterocycles. The lowest BCUT2D eigenvalue weighted by molar-refractivity contribution is -0.137. The van der Waals surface area contributed by atoms with Crippen LogP contribution in [0.1, 0.15) is 48.3 Å². The van der Waals surface area contributed by atoms with Crippen molar-refractivity contribution in [1.82, 2.24) is 20.6 Å². The molecule has 0 radical (unpaired) electrons. The summed E-state index contributed by atoms with van der Waals surface area (Å²) < 4.78 is 40.4. The topological polar surface area (TPSA) is 84.0 Å². The summed E-state index contributed by atoms with van der Waals surface area (Å²) in [5, 5.41) is 5.43. The zero-order valence-corrected chi connectivity index (χ0v) is 21.8. The van der Waals surface area contributed by atoms with E-state index in [1.807, 2.05) is 12.1 Å². The van der Waals surface area contributed by atoms with Gasteiger partial charge in [0, 0.05) is 25.2 Å². The summed E-state index contributed by atoms with van der Waals surface area (Å²) in [6, 6.07) is 15.0. The largest absolute Gasteiger partial charge is 0.417 e. The van der Waals surface area contributed by atoms with Gasteiger partial charge in [0.2, 0.25) is 0 Å². The van der Waals surface area contributed by atoms with Crippen LogP contribution < -0.4 is 10.6 Å². The van der Waals surface area contributed by atoms with Crippen molar-refractivity contribution in [2.45, 2.75) is 50.9 Å². The van der Waals surface area contributed by atoms with Gasteiger partial charge in [0.1, 0.15) is 5.82 Å². The molecule has 0 atom stereocenters. The Labute approximate surface area is 228 Å². The molecule has 2 aromatic carbocycles. The highest BCUT2D eigenvalue weighted by molar-refractivity contribution is 8.18. The molecule has 10 heteroatoms. The first-order valence-electron chi connectivity index (χ1n) is 12.8. The second-order valence-corrected chi connectivity index (χ2v) is 10.8. The third kappa shape index (κ3) is 6.93. The summed E-state index contributed by atoms with van der Waals surface area (Å²) in [5.74, 6) is 0.749. The number of hydrogen-bond donors (Lipinski definition) is 2. The second kappa shape index (κ2) is 11.7. The molecule has 1 aliphatic carbocycles. The van der Waals surface area contributed by atoms with Gasteiger partial charge >= 0.3 is 6.18 Å². The van der Waals surface area contributed by atoms with Gasteiger partial charge < -0.3 is 5.32 Å². The van der Waals surface area contributed by atoms with E-state index in [1.165, 1.54) is 12.1 Å². The molecule has 39 heavy (non-hydrogen) atoms. The van der Waals surface area contributed by atoms with E-state index in [0.717, 1.165) is 55.5 Å². The quantitative estimate of drug-likeness (QED) is 0.331. The molecule has 202 valence electrons. The van der Waals surface area contributed by atoms with E-state index in [4.69, 9.17) is 0 Å². The number of carbonyl (C=O) groups excluding carboxylic acids is 2. The van der Waals surface area contributed by atoms with E-state index in [0.29, 0.717) is 40.5 Å². The number of alkyl halides is 3. The van der Waals surface area contributed by atoms with E-state index in [9.17, 15) is 22.8 Å². The number of imide groups is 1. The first-order chi connectivity index (χ1) is 18.7. The standard InChI is InChI=1S/C29H27F3N4O2S/c30-29(31,32)24-7-2-1-6-23(24)20-5-3-4-19(14-20)17-34-21-10-8-18(9-11-21)15-26-33-13-12-22(35-26)16-25-27(37)36-28(38)39-25/h1-7,12-14,16,18,21,34H,8-11,15,17H2,(H,36,37,38)/b25-16-. The van der Waals surface area contributed by atoms with Crippen LogP contribution in [0, 0.1) is 5.92 Å². The van der Waals surface area contributed by atoms with Crippen LogP contribution in [0.5, 0.6) is 0 Å². The van der Waals surface area contributed by atoms with Crippen LogP contribution in [0.2, 0.25) is 0 Å². The van der Waals surface area contributed by atoms with Crippen LogP contribution in [0.15, 0.2) is 65.7 Å². The van der Waals surface area contributed by atoms with Crippen molar-refractivity contribution in [2.75, 3.05) is 0 Å². The molecule has 3 aromatic rings. The molecule has 6 nitrogen and oxygen atoms in total. The smallest absolute Gasteiger partial charge is 0.310 e. The third-order valence-corrected chi connectivity index (χ3v) is 7.84. The average Bonchev–Trinajstić information content (AvgIpc) is 3.24. The predicted molar refractivity (Wildman–Crippen MR) is 144 cm³/mol. The van der Waals surface area contributed by atoms with Crippen molar-refractivity contribution in [1.29, 1.82) is 0 Å². The summed E-state index contributed by atoms with van der Waals surface area (Å²) in [5.41, 5.74) is 1.67. The Bertz CT molecular complexity index is 1400. The number of aromatic nitrogens is 2. The zero-order valence-electron chi connectivity index (χ0n) is 21.0. The molecule has 2 N–H and O–H groups in total. The fraction of sp³-hybridized carbons (Fsp3) is 0.310. The van der Waals surface area contributed by atoms with Gasteiger partial charge in [0.05, 0.1) is 16.2 Å². The number of thioether (sulfide) groups is 1. The number of nitrogens with one attached hydrogen (secondary N) is 2. The Balaban J connectivity index is 1.14. The van der Waals surface area contributed by atoms with E-state index < -0.39 is 17.6 Å². The highest BCUT2D eigenvalue weighted by Crippen LogP contribution is 2.37. The van der Waals surface area contributed by atoms with Crippen LogP contribution >= 0.6 is 11.8 Å². The second-order valence-electron chi connectivity index (χ2n) is 9.80. The molecule has 2 amide bonds. The molecule has 2 fully saturated rings. The summed E-state index contributed by atoms with van der Waals surface area (Å²) >= 11 is 0.863. The summed E-state index contributed by atoms with van der Waals surface area (Å²) in [6.45, 7) is 0.589. The SMILES string of the molecule is O=C1NC(=O)/C(=C/c2ccnc(CC3CCC(NCc4cccc(-c5ccccc5C(F)(F)F)c4)CC3)n2)S1. The number of rotatable bonds is 7. The van der Waals surface area contributed by atoms with Crippen molar-refractivity contribution in [3.05, 3.63) is 88.3 Å². The fourth-order valence-corrected chi connectivity index (χ4v) is 5.74. The molecular formula is C29H27F3N4O2S. The first kappa shape index (κ1) is 27.1. The molecule has 1 aliphatic heterocycles. The molecule has 5 rings (SSSR count). The molecule has 0 bridgehead atoms. The predicted octanol–water partition coefficient (Wildman–Crippen LogP) is 6.38. The number of hydrogen-bond acceptors (Lipinski definition) is 6. The van der Waals surface area contributed by atoms with Crippen molar-refractivity contribution >= 4 is 29.0 Å². The Hall–Kier alpha value is -3.50. The highest BCUT2D eigenvalue weighted by Gasteiger charge is 2.33. The maximum atomic E-state index is 13.5. The number of halogens is 3. The lowest BCUT2D eigenvalue weighted by atomic mass is 9.84. The zero-order chi connectivity index (χ0) is 27.4. The minimum atomic E-state index is -4.40. The van der Waals surface area contributed by atoms with Gasteiger partial charge in [-0.1, -0.05) is 36.4 Å². The maximum Gasteiger partial charge on any atom is 0.417 e. The Kier molecular flexibility index (Phi) is 8.13. The first-order valence-corrected chi connectivity index (χ1v) is 13.6. The number of amides is 2. The van der Waals surface area contributed by atoms with Gasteiger partial charge in [-0.15, -0.1) is 0 Å². The van der Waals surface area contributed by atoms with Crippen molar-refractivity contribution in [2.24, 2.45) is 5.92 Å². The minimum absolute atomic E-state index is 0.189. The molecular weight excluding hydrogens is 525 g/mol. The van der Waals surface area contributed by atoms with Crippen LogP contribution in [-0.2, 0) is 23.9 Å². The van der Waals surface area contributed by atoms with Crippen molar-refractivity contribution in [3.8, 4) is 11.1 Å². The summed E-state index contributed by atoms with van der Waals surface area (Å²) in [6.07, 6.45) is 3.61. The Morgan fingerprint density at radius 3 is 2.56 bits per heavy atom. The van der Waals surface area contributed by atoms with Gasteiger partial charge in [0.25, 0.3) is 11.1 Å². The minimum Gasteiger partial charge on any atom is -0.310 e. The molecule has 1 saturated carbocycles. The van der Waals surface area contributed by atoms with Crippen LogP contribution in [-0.4, -0.2) is 27.2 Å². The normalized spacial score (nSPS) is 20.8. The summed E-state index contributed by atoms with van der Waals surface area (Å²) in [4.78, 5) is 32.4. The average molecular weight is 553 g/mol. The van der Waals surface area contributed by atoms with Crippen molar-refractivity contribution < 1.29 is 22.8 Å². The lowest BCUT2D eigenvalue weighted by Crippen LogP contribution is -2.33. The Morgan fingerprint density at radius 1 is 1.03 bits per heavy atom. The van der Waals surface area contributed by atoms with Crippen LogP contribution in [0.3, 0.4) is 0 Å². The van der Waals surface area contributed by atoms with Gasteiger partial charge in [0.15, 0.2) is 0 Å². The van der Waals surface area contributed by atoms with E-state index in [1.54, 1.807) is 36.5 Å². The lowest BCUT2D eigenvalue weighted by Gasteiger charge is -2.29. The highest BCUT2D eigenvalue weighted by atomic mass is 32.2. The van der Waals surface area contributed by atoms with Crippen LogP contribution in [0.4, 0.5) is 18.0 Å². The Morgan fingerprint density at radius 2 is 1.82 bits per heavy atom. The van der Waals surface area contributed by atoms with E-state index in [-0.39, 0.29) is 10.8 Å². The van der Waals surface area contributed by atoms with Gasteiger partial charge in [-0.3, -0.25) is 14.9 Å². The van der Waals surface area contributed by atoms with Gasteiger partial charge in [-0.25, -0.2) is 9.97 Å². The number of nitrogens with zero attached hydrogens (tertiary/aromatic N) is 2. The number of benzene rings is 2. The van der Waals surface area contributed by atoms with Gasteiger partial charge in [-0.05, 0) is 84.3 Å². The fourth-order valence-electron chi connectivity index (χ4n) is 5.07. The van der Waals surface area contributed by atoms with Crippen molar-refractivity contribution in [3.63, 3.8) is 0 Å². The van der Waals surface area contributed by atoms with E-state index >= 15 is 0 Å². The molecule has 2 aliphatic rings. The van der Waals surface area contributed by atoms with Gasteiger partial charge in [-0.2, -0.15) is 13.2 Å².